The number of carbonyl (C=O) groups excluding carboxylic acids is 1. The molecule has 1 aromatic rings. The first-order valence-electron chi connectivity index (χ1n) is 6.57. The number of nitrogens with one attached hydrogen (secondary N) is 2. The molecule has 2 rings (SSSR count). The van der Waals surface area contributed by atoms with Gasteiger partial charge in [-0.2, -0.15) is 0 Å². The number of anilines is 1. The molecule has 0 spiro atoms. The molecule has 0 aliphatic carbocycles. The van der Waals surface area contributed by atoms with Crippen LogP contribution in [0.15, 0.2) is 18.2 Å². The van der Waals surface area contributed by atoms with E-state index in [4.69, 9.17) is 4.74 Å². The van der Waals surface area contributed by atoms with Crippen molar-refractivity contribution in [3.8, 4) is 5.75 Å². The van der Waals surface area contributed by atoms with Crippen molar-refractivity contribution in [3.63, 3.8) is 0 Å². The summed E-state index contributed by atoms with van der Waals surface area (Å²) in [7, 11) is 0. The summed E-state index contributed by atoms with van der Waals surface area (Å²) in [4.78, 5) is 11.8. The van der Waals surface area contributed by atoms with Gasteiger partial charge in [0, 0.05) is 25.4 Å². The minimum Gasteiger partial charge on any atom is -0.508 e. The molecule has 3 N–H and O–H groups in total. The van der Waals surface area contributed by atoms with Gasteiger partial charge in [-0.15, -0.1) is 0 Å². The second-order valence-electron chi connectivity index (χ2n) is 4.89. The van der Waals surface area contributed by atoms with E-state index < -0.39 is 0 Å². The normalized spacial score (nSPS) is 16.1. The van der Waals surface area contributed by atoms with Gasteiger partial charge in [0.1, 0.15) is 5.75 Å². The Labute approximate surface area is 113 Å². The molecule has 1 aliphatic heterocycles. The lowest BCUT2D eigenvalue weighted by Crippen LogP contribution is -2.35. The molecule has 0 aromatic heterocycles. The maximum absolute atomic E-state index is 11.8. The van der Waals surface area contributed by atoms with Crippen LogP contribution in [0.25, 0.3) is 0 Å². The zero-order valence-corrected chi connectivity index (χ0v) is 11.1. The highest BCUT2D eigenvalue weighted by molar-refractivity contribution is 5.90. The summed E-state index contributed by atoms with van der Waals surface area (Å²) >= 11 is 0. The lowest BCUT2D eigenvalue weighted by molar-refractivity contribution is 0.0671. The summed E-state index contributed by atoms with van der Waals surface area (Å²) < 4.78 is 5.28. The molecule has 1 aromatic carbocycles. The van der Waals surface area contributed by atoms with Crippen LogP contribution in [0.1, 0.15) is 18.4 Å². The molecule has 0 unspecified atom stereocenters. The molecular weight excluding hydrogens is 244 g/mol. The number of urea groups is 1. The Morgan fingerprint density at radius 2 is 2.16 bits per heavy atom. The molecule has 1 aliphatic rings. The predicted molar refractivity (Wildman–Crippen MR) is 73.4 cm³/mol. The summed E-state index contributed by atoms with van der Waals surface area (Å²) in [5.41, 5.74) is 1.54. The van der Waals surface area contributed by atoms with Crippen LogP contribution < -0.4 is 10.6 Å². The Hall–Kier alpha value is -1.75. The number of aromatic hydroxyl groups is 1. The second-order valence-corrected chi connectivity index (χ2v) is 4.89. The molecule has 104 valence electrons. The number of hydrogen-bond acceptors (Lipinski definition) is 3. The van der Waals surface area contributed by atoms with Gasteiger partial charge in [-0.25, -0.2) is 4.79 Å². The van der Waals surface area contributed by atoms with E-state index in [1.807, 2.05) is 6.92 Å². The maximum atomic E-state index is 11.8. The number of ether oxygens (including phenoxy) is 1. The van der Waals surface area contributed by atoms with Gasteiger partial charge in [0.25, 0.3) is 0 Å². The van der Waals surface area contributed by atoms with Crippen molar-refractivity contribution >= 4 is 11.7 Å². The van der Waals surface area contributed by atoms with E-state index in [-0.39, 0.29) is 11.8 Å². The van der Waals surface area contributed by atoms with Crippen LogP contribution in [-0.2, 0) is 4.74 Å². The average Bonchev–Trinajstić information content (AvgIpc) is 2.41. The largest absolute Gasteiger partial charge is 0.508 e. The highest BCUT2D eigenvalue weighted by atomic mass is 16.5. The SMILES string of the molecule is Cc1cc(O)ccc1NC(=O)NCC1CCOCC1. The van der Waals surface area contributed by atoms with Gasteiger partial charge in [-0.3, -0.25) is 0 Å². The van der Waals surface area contributed by atoms with Gasteiger partial charge in [0.15, 0.2) is 0 Å². The fourth-order valence-corrected chi connectivity index (χ4v) is 2.14. The number of benzene rings is 1. The highest BCUT2D eigenvalue weighted by Gasteiger charge is 2.14. The summed E-state index contributed by atoms with van der Waals surface area (Å²) in [6.07, 6.45) is 2.00. The topological polar surface area (TPSA) is 70.6 Å². The van der Waals surface area contributed by atoms with Gasteiger partial charge in [-0.05, 0) is 49.4 Å². The van der Waals surface area contributed by atoms with Crippen LogP contribution in [0.3, 0.4) is 0 Å². The molecular formula is C14H20N2O3. The molecule has 0 saturated carbocycles. The lowest BCUT2D eigenvalue weighted by atomic mass is 10.0. The van der Waals surface area contributed by atoms with Crippen LogP contribution in [0.2, 0.25) is 0 Å². The Morgan fingerprint density at radius 3 is 2.84 bits per heavy atom. The second kappa shape index (κ2) is 6.43. The third kappa shape index (κ3) is 4.13. The van der Waals surface area contributed by atoms with Crippen molar-refractivity contribution in [3.05, 3.63) is 23.8 Å². The van der Waals surface area contributed by atoms with Crippen LogP contribution in [0.4, 0.5) is 10.5 Å². The number of hydrogen-bond donors (Lipinski definition) is 3. The van der Waals surface area contributed by atoms with Gasteiger partial charge < -0.3 is 20.5 Å². The number of aryl methyl sites for hydroxylation is 1. The number of carbonyl (C=O) groups is 1. The number of rotatable bonds is 3. The third-order valence-corrected chi connectivity index (χ3v) is 3.35. The minimum absolute atomic E-state index is 0.200. The third-order valence-electron chi connectivity index (χ3n) is 3.35. The Bertz CT molecular complexity index is 442. The van der Waals surface area contributed by atoms with E-state index in [0.29, 0.717) is 18.2 Å². The summed E-state index contributed by atoms with van der Waals surface area (Å²) in [6, 6.07) is 4.66. The maximum Gasteiger partial charge on any atom is 0.319 e. The summed E-state index contributed by atoms with van der Waals surface area (Å²) in [5.74, 6) is 0.700. The van der Waals surface area contributed by atoms with Crippen molar-refractivity contribution in [2.45, 2.75) is 19.8 Å². The van der Waals surface area contributed by atoms with Crippen molar-refractivity contribution in [2.24, 2.45) is 5.92 Å². The predicted octanol–water partition coefficient (Wildman–Crippen LogP) is 2.25. The zero-order valence-electron chi connectivity index (χ0n) is 11.1. The van der Waals surface area contributed by atoms with Crippen LogP contribution in [0, 0.1) is 12.8 Å². The molecule has 5 heteroatoms. The number of phenols is 1. The van der Waals surface area contributed by atoms with Crippen molar-refractivity contribution < 1.29 is 14.6 Å². The molecule has 0 bridgehead atoms. The standard InChI is InChI=1S/C14H20N2O3/c1-10-8-12(17)2-3-13(10)16-14(18)15-9-11-4-6-19-7-5-11/h2-3,8,11,17H,4-7,9H2,1H3,(H2,15,16,18). The molecule has 0 radical (unpaired) electrons. The van der Waals surface area contributed by atoms with E-state index in [1.165, 1.54) is 0 Å². The van der Waals surface area contributed by atoms with Gasteiger partial charge in [0.2, 0.25) is 0 Å². The number of phenolic OH excluding ortho intramolecular Hbond substituents is 1. The molecule has 1 heterocycles. The minimum atomic E-state index is -0.208. The number of amides is 2. The van der Waals surface area contributed by atoms with Crippen molar-refractivity contribution in [1.29, 1.82) is 0 Å². The van der Waals surface area contributed by atoms with E-state index in [9.17, 15) is 9.90 Å². The average molecular weight is 264 g/mol. The molecule has 0 atom stereocenters. The zero-order chi connectivity index (χ0) is 13.7. The molecule has 1 saturated heterocycles. The molecule has 19 heavy (non-hydrogen) atoms. The van der Waals surface area contributed by atoms with Crippen LogP contribution in [0.5, 0.6) is 5.75 Å². The molecule has 5 nitrogen and oxygen atoms in total. The first-order chi connectivity index (χ1) is 9.15. The summed E-state index contributed by atoms with van der Waals surface area (Å²) in [5, 5.41) is 15.0. The van der Waals surface area contributed by atoms with E-state index >= 15 is 0 Å². The molecule has 1 fully saturated rings. The van der Waals surface area contributed by atoms with Crippen molar-refractivity contribution in [1.82, 2.24) is 5.32 Å². The van der Waals surface area contributed by atoms with Gasteiger partial charge >= 0.3 is 6.03 Å². The fourth-order valence-electron chi connectivity index (χ4n) is 2.14. The van der Waals surface area contributed by atoms with E-state index in [2.05, 4.69) is 10.6 Å². The Balaban J connectivity index is 1.80. The smallest absolute Gasteiger partial charge is 0.319 e. The first kappa shape index (κ1) is 13.7. The molecule has 2 amide bonds. The fraction of sp³-hybridized carbons (Fsp3) is 0.500. The van der Waals surface area contributed by atoms with Crippen molar-refractivity contribution in [2.75, 3.05) is 25.1 Å². The quantitative estimate of drug-likeness (QED) is 0.733. The Kier molecular flexibility index (Phi) is 4.63. The summed E-state index contributed by atoms with van der Waals surface area (Å²) in [6.45, 7) is 4.08. The van der Waals surface area contributed by atoms with Gasteiger partial charge in [0.05, 0.1) is 0 Å². The van der Waals surface area contributed by atoms with Gasteiger partial charge in [-0.1, -0.05) is 0 Å². The van der Waals surface area contributed by atoms with E-state index in [1.54, 1.807) is 18.2 Å². The highest BCUT2D eigenvalue weighted by Crippen LogP contribution is 2.20. The van der Waals surface area contributed by atoms with Crippen LogP contribution >= 0.6 is 0 Å². The van der Waals surface area contributed by atoms with Crippen LogP contribution in [-0.4, -0.2) is 30.9 Å². The monoisotopic (exact) mass is 264 g/mol. The van der Waals surface area contributed by atoms with E-state index in [0.717, 1.165) is 31.6 Å². The Morgan fingerprint density at radius 1 is 1.42 bits per heavy atom. The first-order valence-corrected chi connectivity index (χ1v) is 6.57. The lowest BCUT2D eigenvalue weighted by Gasteiger charge is -2.22.